The van der Waals surface area contributed by atoms with Crippen molar-refractivity contribution >= 4 is 17.5 Å². The van der Waals surface area contributed by atoms with Gasteiger partial charge < -0.3 is 19.6 Å². The van der Waals surface area contributed by atoms with E-state index in [0.29, 0.717) is 30.3 Å². The van der Waals surface area contributed by atoms with Crippen molar-refractivity contribution in [2.24, 2.45) is 5.41 Å². The number of hydrogen-bond donors (Lipinski definition) is 1. The lowest BCUT2D eigenvalue weighted by molar-refractivity contribution is -0.147. The molecule has 0 bridgehead atoms. The summed E-state index contributed by atoms with van der Waals surface area (Å²) in [6.07, 6.45) is 0.946. The van der Waals surface area contributed by atoms with Gasteiger partial charge in [0, 0.05) is 36.8 Å². The second-order valence-electron chi connectivity index (χ2n) is 6.58. The van der Waals surface area contributed by atoms with E-state index in [1.165, 1.54) is 0 Å². The van der Waals surface area contributed by atoms with Crippen LogP contribution >= 0.6 is 11.6 Å². The molecule has 2 saturated heterocycles. The first-order valence-corrected chi connectivity index (χ1v) is 8.45. The standard InChI is InChI=1S/C17H23ClN2O3/c18-15-4-2-14(3-5-15)16(22)20-7-1-6-19(8-9-20)10-17(11-21)12-23-13-17/h2-5,21H,1,6-13H2. The Morgan fingerprint density at radius 2 is 1.91 bits per heavy atom. The zero-order chi connectivity index (χ0) is 16.3. The van der Waals surface area contributed by atoms with E-state index in [1.807, 2.05) is 4.90 Å². The van der Waals surface area contributed by atoms with E-state index in [4.69, 9.17) is 16.3 Å². The van der Waals surface area contributed by atoms with E-state index in [9.17, 15) is 9.90 Å². The number of benzene rings is 1. The van der Waals surface area contributed by atoms with Crippen molar-refractivity contribution in [1.82, 2.24) is 9.80 Å². The van der Waals surface area contributed by atoms with Crippen LogP contribution in [0.5, 0.6) is 0 Å². The molecule has 0 aromatic heterocycles. The minimum Gasteiger partial charge on any atom is -0.396 e. The molecule has 1 aromatic rings. The first-order chi connectivity index (χ1) is 11.1. The van der Waals surface area contributed by atoms with Crippen LogP contribution in [0.4, 0.5) is 0 Å². The van der Waals surface area contributed by atoms with Gasteiger partial charge in [0.25, 0.3) is 5.91 Å². The molecule has 1 N–H and O–H groups in total. The van der Waals surface area contributed by atoms with Crippen LogP contribution in [0.2, 0.25) is 5.02 Å². The van der Waals surface area contributed by atoms with Gasteiger partial charge in [0.2, 0.25) is 0 Å². The summed E-state index contributed by atoms with van der Waals surface area (Å²) in [6, 6.07) is 7.06. The van der Waals surface area contributed by atoms with Gasteiger partial charge >= 0.3 is 0 Å². The van der Waals surface area contributed by atoms with Crippen molar-refractivity contribution in [2.45, 2.75) is 6.42 Å². The smallest absolute Gasteiger partial charge is 0.253 e. The lowest BCUT2D eigenvalue weighted by Gasteiger charge is -2.43. The number of hydrogen-bond acceptors (Lipinski definition) is 4. The molecule has 6 heteroatoms. The van der Waals surface area contributed by atoms with Crippen LogP contribution in [-0.4, -0.2) is 73.4 Å². The topological polar surface area (TPSA) is 53.0 Å². The number of carbonyl (C=O) groups is 1. The summed E-state index contributed by atoms with van der Waals surface area (Å²) in [5, 5.41) is 10.2. The Hall–Kier alpha value is -1.14. The third-order valence-electron chi connectivity index (χ3n) is 4.68. The molecule has 0 unspecified atom stereocenters. The molecular formula is C17H23ClN2O3. The second kappa shape index (κ2) is 7.18. The first kappa shape index (κ1) is 16.7. The van der Waals surface area contributed by atoms with Gasteiger partial charge in [-0.2, -0.15) is 0 Å². The fourth-order valence-corrected chi connectivity index (χ4v) is 3.33. The summed E-state index contributed by atoms with van der Waals surface area (Å²) in [7, 11) is 0. The predicted octanol–water partition coefficient (Wildman–Crippen LogP) is 1.50. The predicted molar refractivity (Wildman–Crippen MR) is 88.8 cm³/mol. The number of nitrogens with zero attached hydrogens (tertiary/aromatic N) is 2. The molecule has 3 rings (SSSR count). The maximum absolute atomic E-state index is 12.6. The maximum atomic E-state index is 12.6. The van der Waals surface area contributed by atoms with Crippen LogP contribution in [-0.2, 0) is 4.74 Å². The molecular weight excluding hydrogens is 316 g/mol. The molecule has 0 radical (unpaired) electrons. The van der Waals surface area contributed by atoms with Crippen molar-refractivity contribution in [2.75, 3.05) is 52.5 Å². The minimum absolute atomic E-state index is 0.0624. The van der Waals surface area contributed by atoms with Crippen molar-refractivity contribution in [3.8, 4) is 0 Å². The van der Waals surface area contributed by atoms with Gasteiger partial charge in [-0.25, -0.2) is 0 Å². The molecule has 2 aliphatic rings. The Morgan fingerprint density at radius 3 is 2.52 bits per heavy atom. The molecule has 2 heterocycles. The van der Waals surface area contributed by atoms with Crippen LogP contribution in [0.25, 0.3) is 0 Å². The van der Waals surface area contributed by atoms with E-state index in [-0.39, 0.29) is 17.9 Å². The van der Waals surface area contributed by atoms with Crippen molar-refractivity contribution < 1.29 is 14.6 Å². The van der Waals surface area contributed by atoms with Crippen LogP contribution in [0, 0.1) is 5.41 Å². The summed E-state index contributed by atoms with van der Waals surface area (Å²) in [5.74, 6) is 0.0624. The van der Waals surface area contributed by atoms with E-state index in [1.54, 1.807) is 24.3 Å². The van der Waals surface area contributed by atoms with Gasteiger partial charge in [-0.1, -0.05) is 11.6 Å². The monoisotopic (exact) mass is 338 g/mol. The average molecular weight is 339 g/mol. The van der Waals surface area contributed by atoms with Crippen LogP contribution in [0.3, 0.4) is 0 Å². The summed E-state index contributed by atoms with van der Waals surface area (Å²) < 4.78 is 5.27. The fraction of sp³-hybridized carbons (Fsp3) is 0.588. The number of rotatable bonds is 4. The van der Waals surface area contributed by atoms with Gasteiger partial charge in [-0.3, -0.25) is 4.79 Å². The number of halogens is 1. The summed E-state index contributed by atoms with van der Waals surface area (Å²) >= 11 is 5.88. The third-order valence-corrected chi connectivity index (χ3v) is 4.93. The summed E-state index contributed by atoms with van der Waals surface area (Å²) in [5.41, 5.74) is 0.581. The molecule has 2 aliphatic heterocycles. The highest BCUT2D eigenvalue weighted by Gasteiger charge is 2.39. The quantitative estimate of drug-likeness (QED) is 0.904. The number of amides is 1. The normalized spacial score (nSPS) is 21.6. The van der Waals surface area contributed by atoms with Gasteiger partial charge in [0.15, 0.2) is 0 Å². The SMILES string of the molecule is O=C(c1ccc(Cl)cc1)N1CCCN(CC2(CO)COC2)CC1. The van der Waals surface area contributed by atoms with Gasteiger partial charge in [-0.15, -0.1) is 0 Å². The summed E-state index contributed by atoms with van der Waals surface area (Å²) in [4.78, 5) is 16.8. The lowest BCUT2D eigenvalue weighted by atomic mass is 9.86. The minimum atomic E-state index is -0.102. The third kappa shape index (κ3) is 3.86. The molecule has 1 aromatic carbocycles. The van der Waals surface area contributed by atoms with E-state index >= 15 is 0 Å². The Bertz CT molecular complexity index is 540. The molecule has 0 saturated carbocycles. The Morgan fingerprint density at radius 1 is 1.17 bits per heavy atom. The zero-order valence-corrected chi connectivity index (χ0v) is 14.0. The molecule has 23 heavy (non-hydrogen) atoms. The first-order valence-electron chi connectivity index (χ1n) is 8.08. The lowest BCUT2D eigenvalue weighted by Crippen LogP contribution is -2.53. The zero-order valence-electron chi connectivity index (χ0n) is 13.2. The Kier molecular flexibility index (Phi) is 5.21. The highest BCUT2D eigenvalue weighted by molar-refractivity contribution is 6.30. The number of ether oxygens (including phenoxy) is 1. The van der Waals surface area contributed by atoms with Crippen molar-refractivity contribution in [3.05, 3.63) is 34.9 Å². The molecule has 0 atom stereocenters. The molecule has 0 aliphatic carbocycles. The van der Waals surface area contributed by atoms with E-state index in [2.05, 4.69) is 4.90 Å². The average Bonchev–Trinajstić information content (AvgIpc) is 2.76. The highest BCUT2D eigenvalue weighted by atomic mass is 35.5. The second-order valence-corrected chi connectivity index (χ2v) is 7.02. The number of aliphatic hydroxyl groups excluding tert-OH is 1. The van der Waals surface area contributed by atoms with E-state index < -0.39 is 0 Å². The molecule has 2 fully saturated rings. The van der Waals surface area contributed by atoms with Crippen LogP contribution in [0.1, 0.15) is 16.8 Å². The van der Waals surface area contributed by atoms with Crippen molar-refractivity contribution in [1.29, 1.82) is 0 Å². The van der Waals surface area contributed by atoms with E-state index in [0.717, 1.165) is 32.6 Å². The fourth-order valence-electron chi connectivity index (χ4n) is 3.20. The molecule has 126 valence electrons. The highest BCUT2D eigenvalue weighted by Crippen LogP contribution is 2.28. The van der Waals surface area contributed by atoms with Gasteiger partial charge in [0.05, 0.1) is 25.2 Å². The largest absolute Gasteiger partial charge is 0.396 e. The van der Waals surface area contributed by atoms with Crippen LogP contribution < -0.4 is 0 Å². The van der Waals surface area contributed by atoms with Crippen molar-refractivity contribution in [3.63, 3.8) is 0 Å². The van der Waals surface area contributed by atoms with Gasteiger partial charge in [0.1, 0.15) is 0 Å². The Labute approximate surface area is 141 Å². The van der Waals surface area contributed by atoms with Gasteiger partial charge in [-0.05, 0) is 37.2 Å². The number of aliphatic hydroxyl groups is 1. The summed E-state index contributed by atoms with van der Waals surface area (Å²) in [6.45, 7) is 5.53. The molecule has 0 spiro atoms. The van der Waals surface area contributed by atoms with Crippen LogP contribution in [0.15, 0.2) is 24.3 Å². The maximum Gasteiger partial charge on any atom is 0.253 e. The Balaban J connectivity index is 1.57. The molecule has 5 nitrogen and oxygen atoms in total. The number of carbonyl (C=O) groups excluding carboxylic acids is 1. The molecule has 1 amide bonds.